The van der Waals surface area contributed by atoms with Gasteiger partial charge in [0.1, 0.15) is 0 Å². The third-order valence-corrected chi connectivity index (χ3v) is 0. The number of hydrogen-bond acceptors (Lipinski definition) is 0. The third kappa shape index (κ3) is 10.5. The topological polar surface area (TPSA) is 0 Å². The molecule has 0 aromatic rings. The standard InChI is InChI=1S/C2H4.Fe.Na.H/c1-2;;;/h1-2H2;;;. The molecular formula is C2H5FeNa. The van der Waals surface area contributed by atoms with Crippen LogP contribution in [-0.4, -0.2) is 29.6 Å². The fraction of sp³-hybridized carbons (Fsp3) is 0. The van der Waals surface area contributed by atoms with Crippen molar-refractivity contribution in [3.8, 4) is 0 Å². The van der Waals surface area contributed by atoms with Gasteiger partial charge in [-0.2, -0.15) is 0 Å². The van der Waals surface area contributed by atoms with Gasteiger partial charge in [-0.3, -0.25) is 0 Å². The van der Waals surface area contributed by atoms with Crippen molar-refractivity contribution in [3.63, 3.8) is 0 Å². The molecule has 0 fully saturated rings. The molecule has 0 aliphatic rings. The average molecular weight is 108 g/mol. The van der Waals surface area contributed by atoms with Crippen LogP contribution in [0.25, 0.3) is 0 Å². The molecule has 0 spiro atoms. The van der Waals surface area contributed by atoms with Gasteiger partial charge in [0.2, 0.25) is 0 Å². The van der Waals surface area contributed by atoms with Crippen molar-refractivity contribution in [1.29, 1.82) is 0 Å². The molecule has 0 aromatic carbocycles. The van der Waals surface area contributed by atoms with Crippen LogP contribution < -0.4 is 0 Å². The summed E-state index contributed by atoms with van der Waals surface area (Å²) in [5.74, 6) is 0. The van der Waals surface area contributed by atoms with Crippen molar-refractivity contribution in [3.05, 3.63) is 13.2 Å². The number of hydrogen-bond donors (Lipinski definition) is 0. The molecule has 22 valence electrons. The average Bonchev–Trinajstić information content (AvgIpc) is 1.00. The minimum absolute atomic E-state index is 0. The molecule has 0 unspecified atom stereocenters. The fourth-order valence-electron chi connectivity index (χ4n) is 0. The van der Waals surface area contributed by atoms with Gasteiger partial charge in [-0.15, -0.1) is 13.2 Å². The molecule has 0 aromatic heterocycles. The monoisotopic (exact) mass is 108 g/mol. The molecule has 4 heavy (non-hydrogen) atoms. The van der Waals surface area contributed by atoms with Gasteiger partial charge in [0.05, 0.1) is 0 Å². The van der Waals surface area contributed by atoms with Crippen LogP contribution in [0.2, 0.25) is 0 Å². The van der Waals surface area contributed by atoms with E-state index >= 15 is 0 Å². The quantitative estimate of drug-likeness (QED) is 0.306. The Balaban J connectivity index is -0.00000000500. The van der Waals surface area contributed by atoms with Crippen LogP contribution in [0, 0.1) is 0 Å². The Morgan fingerprint density at radius 2 is 1.00 bits per heavy atom. The van der Waals surface area contributed by atoms with Crippen molar-refractivity contribution >= 4 is 29.6 Å². The molecule has 0 nitrogen and oxygen atoms in total. The van der Waals surface area contributed by atoms with Crippen LogP contribution >= 0.6 is 0 Å². The second kappa shape index (κ2) is 28.5. The van der Waals surface area contributed by atoms with Gasteiger partial charge >= 0.3 is 29.6 Å². The van der Waals surface area contributed by atoms with Crippen molar-refractivity contribution in [1.82, 2.24) is 0 Å². The molecule has 0 radical (unpaired) electrons. The van der Waals surface area contributed by atoms with Gasteiger partial charge in [0.15, 0.2) is 0 Å². The van der Waals surface area contributed by atoms with Gasteiger partial charge in [-0.25, -0.2) is 0 Å². The van der Waals surface area contributed by atoms with Crippen LogP contribution in [-0.2, 0) is 17.1 Å². The zero-order valence-corrected chi connectivity index (χ0v) is 2.87. The first-order valence-corrected chi connectivity index (χ1v) is 0.500. The summed E-state index contributed by atoms with van der Waals surface area (Å²) in [7, 11) is 0. The van der Waals surface area contributed by atoms with E-state index in [9.17, 15) is 0 Å². The summed E-state index contributed by atoms with van der Waals surface area (Å²) in [6.07, 6.45) is 0. The number of rotatable bonds is 0. The Bertz CT molecular complexity index is 6.00. The summed E-state index contributed by atoms with van der Waals surface area (Å²) >= 11 is 0. The molecule has 0 aliphatic carbocycles. The molecule has 0 heterocycles. The molecule has 0 amide bonds. The summed E-state index contributed by atoms with van der Waals surface area (Å²) in [5.41, 5.74) is 0. The van der Waals surface area contributed by atoms with Crippen molar-refractivity contribution in [2.24, 2.45) is 0 Å². The van der Waals surface area contributed by atoms with Gasteiger partial charge in [0, 0.05) is 17.1 Å². The van der Waals surface area contributed by atoms with Gasteiger partial charge in [-0.05, 0) is 0 Å². The van der Waals surface area contributed by atoms with E-state index in [-0.39, 0.29) is 46.6 Å². The van der Waals surface area contributed by atoms with Crippen molar-refractivity contribution in [2.45, 2.75) is 0 Å². The molecule has 0 rings (SSSR count). The van der Waals surface area contributed by atoms with E-state index in [0.29, 0.717) is 0 Å². The van der Waals surface area contributed by atoms with Crippen LogP contribution in [0.15, 0.2) is 13.2 Å². The predicted octanol–water partition coefficient (Wildman–Crippen LogP) is 0.151. The summed E-state index contributed by atoms with van der Waals surface area (Å²) in [6.45, 7) is 6.00. The molecule has 0 atom stereocenters. The van der Waals surface area contributed by atoms with Gasteiger partial charge < -0.3 is 0 Å². The second-order valence-electron chi connectivity index (χ2n) is 0. The molecule has 0 saturated carbocycles. The molecular weight excluding hydrogens is 103 g/mol. The van der Waals surface area contributed by atoms with E-state index in [1.165, 1.54) is 0 Å². The summed E-state index contributed by atoms with van der Waals surface area (Å²) in [6, 6.07) is 0. The maximum absolute atomic E-state index is 3.00. The maximum atomic E-state index is 3.00. The summed E-state index contributed by atoms with van der Waals surface area (Å²) in [4.78, 5) is 0. The normalized spacial score (nSPS) is 1.00. The molecule has 2 heteroatoms. The van der Waals surface area contributed by atoms with Gasteiger partial charge in [-0.1, -0.05) is 0 Å². The Labute approximate surface area is 59.4 Å². The SMILES string of the molecule is C=C.[Fe].[NaH]. The van der Waals surface area contributed by atoms with E-state index in [1.54, 1.807) is 0 Å². The third-order valence-electron chi connectivity index (χ3n) is 0. The Morgan fingerprint density at radius 3 is 1.00 bits per heavy atom. The van der Waals surface area contributed by atoms with E-state index < -0.39 is 0 Å². The summed E-state index contributed by atoms with van der Waals surface area (Å²) in [5, 5.41) is 0. The zero-order valence-electron chi connectivity index (χ0n) is 1.77. The van der Waals surface area contributed by atoms with Crippen LogP contribution in [0.4, 0.5) is 0 Å². The van der Waals surface area contributed by atoms with E-state index in [0.717, 1.165) is 0 Å². The Kier molecular flexibility index (Phi) is 133. The zero-order chi connectivity index (χ0) is 2.00. The predicted molar refractivity (Wildman–Crippen MR) is 18.4 cm³/mol. The van der Waals surface area contributed by atoms with E-state index in [1.807, 2.05) is 0 Å². The Hall–Kier alpha value is 1.26. The van der Waals surface area contributed by atoms with Crippen LogP contribution in [0.1, 0.15) is 0 Å². The summed E-state index contributed by atoms with van der Waals surface area (Å²) < 4.78 is 0. The second-order valence-corrected chi connectivity index (χ2v) is 0. The fourth-order valence-corrected chi connectivity index (χ4v) is 0. The first kappa shape index (κ1) is 18.7. The molecule has 0 aliphatic heterocycles. The molecule has 0 N–H and O–H groups in total. The minimum atomic E-state index is 0. The molecule has 0 saturated heterocycles. The van der Waals surface area contributed by atoms with Gasteiger partial charge in [0.25, 0.3) is 0 Å². The Morgan fingerprint density at radius 1 is 1.00 bits per heavy atom. The first-order chi connectivity index (χ1) is 1.00. The van der Waals surface area contributed by atoms with Crippen molar-refractivity contribution < 1.29 is 17.1 Å². The van der Waals surface area contributed by atoms with Crippen LogP contribution in [0.3, 0.4) is 0 Å². The molecule has 0 bridgehead atoms. The van der Waals surface area contributed by atoms with E-state index in [2.05, 4.69) is 13.2 Å². The van der Waals surface area contributed by atoms with E-state index in [4.69, 9.17) is 0 Å². The van der Waals surface area contributed by atoms with Crippen molar-refractivity contribution in [2.75, 3.05) is 0 Å². The van der Waals surface area contributed by atoms with Crippen LogP contribution in [0.5, 0.6) is 0 Å². The first-order valence-electron chi connectivity index (χ1n) is 0.500.